The Balaban J connectivity index is 2.56. The minimum Gasteiger partial charge on any atom is -0.383 e. The Kier molecular flexibility index (Phi) is 6.18. The average Bonchev–Trinajstić information content (AvgIpc) is 2.33. The standard InChI is InChI=1S/C11H23N3O4S/c1-12-4-6-13(7-5-12)11(15)10-14(8-9-18-2)19(3,16)17/h4-10H2,1-3H3. The first-order chi connectivity index (χ1) is 8.84. The van der Waals surface area contributed by atoms with Crippen molar-refractivity contribution in [2.75, 3.05) is 66.3 Å². The number of hydrogen-bond acceptors (Lipinski definition) is 5. The van der Waals surface area contributed by atoms with E-state index in [2.05, 4.69) is 4.90 Å². The molecule has 1 heterocycles. The smallest absolute Gasteiger partial charge is 0.237 e. The van der Waals surface area contributed by atoms with Crippen LogP contribution in [0, 0.1) is 0 Å². The molecule has 0 unspecified atom stereocenters. The fourth-order valence-corrected chi connectivity index (χ4v) is 2.61. The molecule has 0 N–H and O–H groups in total. The lowest BCUT2D eigenvalue weighted by atomic mass is 10.3. The second kappa shape index (κ2) is 7.18. The lowest BCUT2D eigenvalue weighted by Gasteiger charge is -2.33. The van der Waals surface area contributed by atoms with E-state index in [1.165, 1.54) is 7.11 Å². The second-order valence-electron chi connectivity index (χ2n) is 4.77. The minimum atomic E-state index is -3.39. The summed E-state index contributed by atoms with van der Waals surface area (Å²) in [6.07, 6.45) is 1.11. The van der Waals surface area contributed by atoms with Crippen LogP contribution in [0.5, 0.6) is 0 Å². The van der Waals surface area contributed by atoms with Crippen LogP contribution < -0.4 is 0 Å². The van der Waals surface area contributed by atoms with Gasteiger partial charge in [0.05, 0.1) is 19.4 Å². The van der Waals surface area contributed by atoms with Crippen molar-refractivity contribution < 1.29 is 17.9 Å². The molecular formula is C11H23N3O4S. The number of sulfonamides is 1. The summed E-state index contributed by atoms with van der Waals surface area (Å²) in [5.74, 6) is -0.144. The van der Waals surface area contributed by atoms with Gasteiger partial charge in [-0.05, 0) is 7.05 Å². The molecule has 0 bridgehead atoms. The molecule has 0 radical (unpaired) electrons. The van der Waals surface area contributed by atoms with E-state index in [0.717, 1.165) is 23.7 Å². The molecule has 1 aliphatic rings. The number of amides is 1. The van der Waals surface area contributed by atoms with Gasteiger partial charge in [0, 0.05) is 39.8 Å². The van der Waals surface area contributed by atoms with Crippen molar-refractivity contribution in [2.45, 2.75) is 0 Å². The Morgan fingerprint density at radius 1 is 1.26 bits per heavy atom. The zero-order chi connectivity index (χ0) is 14.5. The van der Waals surface area contributed by atoms with Crippen molar-refractivity contribution in [3.8, 4) is 0 Å². The van der Waals surface area contributed by atoms with E-state index in [-0.39, 0.29) is 25.6 Å². The maximum absolute atomic E-state index is 12.1. The number of rotatable bonds is 6. The maximum Gasteiger partial charge on any atom is 0.237 e. The van der Waals surface area contributed by atoms with Crippen LogP contribution in [-0.2, 0) is 19.6 Å². The molecule has 0 aromatic rings. The van der Waals surface area contributed by atoms with Crippen molar-refractivity contribution in [3.63, 3.8) is 0 Å². The molecule has 1 saturated heterocycles. The highest BCUT2D eigenvalue weighted by Crippen LogP contribution is 2.04. The molecule has 112 valence electrons. The molecule has 1 rings (SSSR count). The van der Waals surface area contributed by atoms with Crippen molar-refractivity contribution in [3.05, 3.63) is 0 Å². The van der Waals surface area contributed by atoms with Crippen LogP contribution in [-0.4, -0.2) is 94.7 Å². The lowest BCUT2D eigenvalue weighted by Crippen LogP contribution is -2.51. The molecule has 1 aliphatic heterocycles. The minimum absolute atomic E-state index is 0.105. The number of piperazine rings is 1. The SMILES string of the molecule is COCCN(CC(=O)N1CCN(C)CC1)S(C)(=O)=O. The summed E-state index contributed by atoms with van der Waals surface area (Å²) in [5, 5.41) is 0. The number of hydrogen-bond donors (Lipinski definition) is 0. The fourth-order valence-electron chi connectivity index (χ4n) is 1.86. The Hall–Kier alpha value is -0.700. The van der Waals surface area contributed by atoms with E-state index in [9.17, 15) is 13.2 Å². The Morgan fingerprint density at radius 2 is 1.84 bits per heavy atom. The molecule has 0 aromatic carbocycles. The quantitative estimate of drug-likeness (QED) is 0.607. The molecule has 0 aliphatic carbocycles. The van der Waals surface area contributed by atoms with Crippen LogP contribution in [0.25, 0.3) is 0 Å². The van der Waals surface area contributed by atoms with E-state index in [4.69, 9.17) is 4.74 Å². The molecule has 8 heteroatoms. The third-order valence-electron chi connectivity index (χ3n) is 3.18. The maximum atomic E-state index is 12.1. The van der Waals surface area contributed by atoms with Crippen LogP contribution >= 0.6 is 0 Å². The second-order valence-corrected chi connectivity index (χ2v) is 6.76. The van der Waals surface area contributed by atoms with E-state index < -0.39 is 10.0 Å². The Bertz CT molecular complexity index is 391. The summed E-state index contributed by atoms with van der Waals surface area (Å²) < 4.78 is 29.2. The zero-order valence-electron chi connectivity index (χ0n) is 11.8. The number of ether oxygens (including phenoxy) is 1. The number of carbonyl (C=O) groups excluding carboxylic acids is 1. The van der Waals surface area contributed by atoms with Crippen molar-refractivity contribution in [1.29, 1.82) is 0 Å². The highest BCUT2D eigenvalue weighted by atomic mass is 32.2. The lowest BCUT2D eigenvalue weighted by molar-refractivity contribution is -0.133. The van der Waals surface area contributed by atoms with Gasteiger partial charge in [-0.2, -0.15) is 4.31 Å². The first kappa shape index (κ1) is 16.4. The van der Waals surface area contributed by atoms with Gasteiger partial charge in [-0.1, -0.05) is 0 Å². The van der Waals surface area contributed by atoms with E-state index >= 15 is 0 Å². The topological polar surface area (TPSA) is 70.2 Å². The van der Waals surface area contributed by atoms with E-state index in [1.807, 2.05) is 7.05 Å². The average molecular weight is 293 g/mol. The predicted octanol–water partition coefficient (Wildman–Crippen LogP) is -1.33. The summed E-state index contributed by atoms with van der Waals surface area (Å²) >= 11 is 0. The molecule has 0 saturated carbocycles. The van der Waals surface area contributed by atoms with Crippen LogP contribution in [0.15, 0.2) is 0 Å². The third-order valence-corrected chi connectivity index (χ3v) is 4.43. The molecule has 0 spiro atoms. The summed E-state index contributed by atoms with van der Waals surface area (Å²) in [6.45, 7) is 3.32. The first-order valence-corrected chi connectivity index (χ1v) is 8.10. The number of likely N-dealkylation sites (N-methyl/N-ethyl adjacent to an activating group) is 1. The van der Waals surface area contributed by atoms with Crippen LogP contribution in [0.2, 0.25) is 0 Å². The largest absolute Gasteiger partial charge is 0.383 e. The van der Waals surface area contributed by atoms with Crippen molar-refractivity contribution in [2.24, 2.45) is 0 Å². The van der Waals surface area contributed by atoms with Crippen LogP contribution in [0.1, 0.15) is 0 Å². The Morgan fingerprint density at radius 3 is 2.32 bits per heavy atom. The van der Waals surface area contributed by atoms with Gasteiger partial charge in [-0.25, -0.2) is 8.42 Å². The molecule has 0 atom stereocenters. The van der Waals surface area contributed by atoms with Gasteiger partial charge in [0.25, 0.3) is 0 Å². The van der Waals surface area contributed by atoms with E-state index in [1.54, 1.807) is 4.90 Å². The molecule has 7 nitrogen and oxygen atoms in total. The highest BCUT2D eigenvalue weighted by molar-refractivity contribution is 7.88. The number of methoxy groups -OCH3 is 1. The fraction of sp³-hybridized carbons (Fsp3) is 0.909. The summed E-state index contributed by atoms with van der Waals surface area (Å²) in [5.41, 5.74) is 0. The summed E-state index contributed by atoms with van der Waals surface area (Å²) in [7, 11) is 0.120. The van der Waals surface area contributed by atoms with Crippen molar-refractivity contribution in [1.82, 2.24) is 14.1 Å². The summed E-state index contributed by atoms with van der Waals surface area (Å²) in [4.78, 5) is 15.9. The highest BCUT2D eigenvalue weighted by Gasteiger charge is 2.25. The van der Waals surface area contributed by atoms with Gasteiger partial charge in [0.15, 0.2) is 0 Å². The number of carbonyl (C=O) groups is 1. The molecule has 1 amide bonds. The molecule has 0 aromatic heterocycles. The normalized spacial score (nSPS) is 18.0. The van der Waals surface area contributed by atoms with Gasteiger partial charge < -0.3 is 14.5 Å². The Labute approximate surface area is 115 Å². The van der Waals surface area contributed by atoms with Crippen LogP contribution in [0.4, 0.5) is 0 Å². The zero-order valence-corrected chi connectivity index (χ0v) is 12.6. The third kappa shape index (κ3) is 5.43. The van der Waals surface area contributed by atoms with Gasteiger partial charge in [0.2, 0.25) is 15.9 Å². The first-order valence-electron chi connectivity index (χ1n) is 6.25. The molecule has 1 fully saturated rings. The predicted molar refractivity (Wildman–Crippen MR) is 72.4 cm³/mol. The number of nitrogens with zero attached hydrogens (tertiary/aromatic N) is 3. The van der Waals surface area contributed by atoms with Gasteiger partial charge in [0.1, 0.15) is 0 Å². The molecular weight excluding hydrogens is 270 g/mol. The van der Waals surface area contributed by atoms with Gasteiger partial charge in [-0.15, -0.1) is 0 Å². The monoisotopic (exact) mass is 293 g/mol. The summed E-state index contributed by atoms with van der Waals surface area (Å²) in [6, 6.07) is 0. The van der Waals surface area contributed by atoms with Gasteiger partial charge >= 0.3 is 0 Å². The molecule has 19 heavy (non-hydrogen) atoms. The van der Waals surface area contributed by atoms with Crippen molar-refractivity contribution >= 4 is 15.9 Å². The van der Waals surface area contributed by atoms with E-state index in [0.29, 0.717) is 13.1 Å². The van der Waals surface area contributed by atoms with Gasteiger partial charge in [-0.3, -0.25) is 4.79 Å². The van der Waals surface area contributed by atoms with Crippen LogP contribution in [0.3, 0.4) is 0 Å².